The molecule has 1 aromatic carbocycles. The van der Waals surface area contributed by atoms with Crippen molar-refractivity contribution in [3.05, 3.63) is 42.2 Å². The molecule has 26 heavy (non-hydrogen) atoms. The Bertz CT molecular complexity index is 740. The summed E-state index contributed by atoms with van der Waals surface area (Å²) in [6.07, 6.45) is 2.13. The normalized spacial score (nSPS) is 11.9. The van der Waals surface area contributed by atoms with Gasteiger partial charge in [-0.1, -0.05) is 32.0 Å². The fourth-order valence-electron chi connectivity index (χ4n) is 2.54. The van der Waals surface area contributed by atoms with Crippen molar-refractivity contribution in [3.63, 3.8) is 0 Å². The van der Waals surface area contributed by atoms with Crippen LogP contribution in [0.15, 0.2) is 36.5 Å². The summed E-state index contributed by atoms with van der Waals surface area (Å²) in [5, 5.41) is 7.05. The van der Waals surface area contributed by atoms with Crippen molar-refractivity contribution in [1.29, 1.82) is 0 Å². The summed E-state index contributed by atoms with van der Waals surface area (Å²) in [4.78, 5) is 24.7. The first-order chi connectivity index (χ1) is 12.5. The van der Waals surface area contributed by atoms with E-state index in [2.05, 4.69) is 10.4 Å². The lowest BCUT2D eigenvalue weighted by atomic mass is 10.0. The second-order valence-electron chi connectivity index (χ2n) is 6.23. The minimum absolute atomic E-state index is 0.133. The van der Waals surface area contributed by atoms with E-state index in [0.717, 1.165) is 5.69 Å². The first-order valence-electron chi connectivity index (χ1n) is 8.62. The number of esters is 1. The molecule has 2 aromatic rings. The van der Waals surface area contributed by atoms with Gasteiger partial charge in [-0.15, -0.1) is 0 Å². The molecule has 0 saturated heterocycles. The van der Waals surface area contributed by atoms with Crippen LogP contribution >= 0.6 is 0 Å². The smallest absolute Gasteiger partial charge is 0.328 e. The second-order valence-corrected chi connectivity index (χ2v) is 6.23. The fourth-order valence-corrected chi connectivity index (χ4v) is 2.54. The lowest BCUT2D eigenvalue weighted by Gasteiger charge is -2.17. The predicted octanol–water partition coefficient (Wildman–Crippen LogP) is 2.59. The third-order valence-corrected chi connectivity index (χ3v) is 3.71. The lowest BCUT2D eigenvalue weighted by molar-refractivity contribution is -0.143. The van der Waals surface area contributed by atoms with Gasteiger partial charge in [-0.2, -0.15) is 5.10 Å². The molecule has 0 bridgehead atoms. The molecule has 2 rings (SSSR count). The maximum Gasteiger partial charge on any atom is 0.328 e. The van der Waals surface area contributed by atoms with Crippen LogP contribution in [0.25, 0.3) is 5.69 Å². The van der Waals surface area contributed by atoms with E-state index in [9.17, 15) is 9.59 Å². The molecule has 0 spiro atoms. The minimum atomic E-state index is -0.733. The molecule has 0 aliphatic carbocycles. The van der Waals surface area contributed by atoms with Crippen molar-refractivity contribution in [1.82, 2.24) is 15.1 Å². The molecule has 0 saturated carbocycles. The Labute approximate surface area is 153 Å². The highest BCUT2D eigenvalue weighted by Crippen LogP contribution is 2.20. The van der Waals surface area contributed by atoms with E-state index in [1.165, 1.54) is 7.11 Å². The molecular formula is C19H25N3O4. The van der Waals surface area contributed by atoms with Gasteiger partial charge < -0.3 is 14.8 Å². The monoisotopic (exact) mass is 359 g/mol. The van der Waals surface area contributed by atoms with Gasteiger partial charge in [-0.05, 0) is 31.4 Å². The Kier molecular flexibility index (Phi) is 6.77. The number of methoxy groups -OCH3 is 1. The highest BCUT2D eigenvalue weighted by atomic mass is 16.5. The topological polar surface area (TPSA) is 82.5 Å². The molecule has 7 nitrogen and oxygen atoms in total. The van der Waals surface area contributed by atoms with Crippen molar-refractivity contribution in [2.75, 3.05) is 13.7 Å². The fraction of sp³-hybridized carbons (Fsp3) is 0.421. The van der Waals surface area contributed by atoms with Gasteiger partial charge in [-0.25, -0.2) is 9.48 Å². The van der Waals surface area contributed by atoms with Crippen LogP contribution in [-0.4, -0.2) is 41.4 Å². The van der Waals surface area contributed by atoms with E-state index in [-0.39, 0.29) is 11.6 Å². The van der Waals surface area contributed by atoms with Crippen LogP contribution in [0.4, 0.5) is 0 Å². The first-order valence-corrected chi connectivity index (χ1v) is 8.62. The largest absolute Gasteiger partial charge is 0.490 e. The van der Waals surface area contributed by atoms with Gasteiger partial charge in [0.15, 0.2) is 11.4 Å². The van der Waals surface area contributed by atoms with Gasteiger partial charge in [0.05, 0.1) is 25.6 Å². The average Bonchev–Trinajstić information content (AvgIpc) is 3.05. The molecule has 1 amide bonds. The molecule has 140 valence electrons. The zero-order valence-corrected chi connectivity index (χ0v) is 15.6. The quantitative estimate of drug-likeness (QED) is 0.733. The maximum atomic E-state index is 12.7. The summed E-state index contributed by atoms with van der Waals surface area (Å²) >= 11 is 0. The van der Waals surface area contributed by atoms with Crippen LogP contribution in [0.2, 0.25) is 0 Å². The Morgan fingerprint density at radius 1 is 1.23 bits per heavy atom. The Morgan fingerprint density at radius 2 is 1.92 bits per heavy atom. The number of carbonyl (C=O) groups excluding carboxylic acids is 2. The van der Waals surface area contributed by atoms with Crippen LogP contribution in [-0.2, 0) is 9.53 Å². The number of nitrogens with zero attached hydrogens (tertiary/aromatic N) is 2. The molecule has 1 aromatic heterocycles. The van der Waals surface area contributed by atoms with Gasteiger partial charge in [0.1, 0.15) is 6.04 Å². The molecule has 1 unspecified atom stereocenters. The molecule has 1 atom stereocenters. The van der Waals surface area contributed by atoms with Gasteiger partial charge in [0.2, 0.25) is 0 Å². The zero-order valence-electron chi connectivity index (χ0n) is 15.6. The van der Waals surface area contributed by atoms with Crippen molar-refractivity contribution in [2.45, 2.75) is 33.2 Å². The summed E-state index contributed by atoms with van der Waals surface area (Å²) in [5.41, 5.74) is 0.938. The SMILES string of the molecule is CCOc1cn(-c2ccccc2)nc1C(=O)NC(CC(C)C)C(=O)OC. The molecule has 0 aliphatic heterocycles. The zero-order chi connectivity index (χ0) is 19.1. The summed E-state index contributed by atoms with van der Waals surface area (Å²) in [6.45, 7) is 6.17. The number of hydrogen-bond acceptors (Lipinski definition) is 5. The number of para-hydroxylation sites is 1. The van der Waals surface area contributed by atoms with Crippen molar-refractivity contribution in [2.24, 2.45) is 5.92 Å². The van der Waals surface area contributed by atoms with E-state index in [1.807, 2.05) is 51.1 Å². The highest BCUT2D eigenvalue weighted by molar-refractivity contribution is 5.97. The van der Waals surface area contributed by atoms with E-state index in [0.29, 0.717) is 18.8 Å². The van der Waals surface area contributed by atoms with E-state index in [4.69, 9.17) is 9.47 Å². The van der Waals surface area contributed by atoms with Crippen LogP contribution in [0.1, 0.15) is 37.7 Å². The number of rotatable bonds is 8. The third-order valence-electron chi connectivity index (χ3n) is 3.71. The number of hydrogen-bond donors (Lipinski definition) is 1. The average molecular weight is 359 g/mol. The highest BCUT2D eigenvalue weighted by Gasteiger charge is 2.26. The molecule has 7 heteroatoms. The number of ether oxygens (including phenoxy) is 2. The molecule has 1 heterocycles. The van der Waals surface area contributed by atoms with Gasteiger partial charge in [0, 0.05) is 0 Å². The van der Waals surface area contributed by atoms with Crippen molar-refractivity contribution >= 4 is 11.9 Å². The lowest BCUT2D eigenvalue weighted by Crippen LogP contribution is -2.42. The summed E-state index contributed by atoms with van der Waals surface area (Å²) in [7, 11) is 1.30. The van der Waals surface area contributed by atoms with Crippen LogP contribution in [0.5, 0.6) is 5.75 Å². The summed E-state index contributed by atoms with van der Waals surface area (Å²) in [6, 6.07) is 8.68. The van der Waals surface area contributed by atoms with Gasteiger partial charge in [-0.3, -0.25) is 4.79 Å². The molecule has 1 N–H and O–H groups in total. The molecule has 0 fully saturated rings. The van der Waals surface area contributed by atoms with Crippen molar-refractivity contribution < 1.29 is 19.1 Å². The third kappa shape index (κ3) is 4.84. The second kappa shape index (κ2) is 9.03. The number of nitrogens with one attached hydrogen (secondary N) is 1. The predicted molar refractivity (Wildman–Crippen MR) is 97.5 cm³/mol. The van der Waals surface area contributed by atoms with Crippen molar-refractivity contribution in [3.8, 4) is 11.4 Å². The molecular weight excluding hydrogens is 334 g/mol. The van der Waals surface area contributed by atoms with Gasteiger partial charge >= 0.3 is 5.97 Å². The van der Waals surface area contributed by atoms with Gasteiger partial charge in [0.25, 0.3) is 5.91 Å². The Hall–Kier alpha value is -2.83. The van der Waals surface area contributed by atoms with E-state index < -0.39 is 17.9 Å². The minimum Gasteiger partial charge on any atom is -0.490 e. The van der Waals surface area contributed by atoms with E-state index >= 15 is 0 Å². The number of amides is 1. The Balaban J connectivity index is 2.28. The summed E-state index contributed by atoms with van der Waals surface area (Å²) < 4.78 is 11.9. The Morgan fingerprint density at radius 3 is 2.50 bits per heavy atom. The van der Waals surface area contributed by atoms with Crippen LogP contribution in [0.3, 0.4) is 0 Å². The van der Waals surface area contributed by atoms with Crippen LogP contribution in [0, 0.1) is 5.92 Å². The molecule has 0 radical (unpaired) electrons. The van der Waals surface area contributed by atoms with Crippen LogP contribution < -0.4 is 10.1 Å². The number of aromatic nitrogens is 2. The number of benzene rings is 1. The maximum absolute atomic E-state index is 12.7. The standard InChI is InChI=1S/C19H25N3O4/c1-5-26-16-12-22(14-9-7-6-8-10-14)21-17(16)18(23)20-15(11-13(2)3)19(24)25-4/h6-10,12-13,15H,5,11H2,1-4H3,(H,20,23). The number of carbonyl (C=O) groups is 2. The molecule has 0 aliphatic rings. The van der Waals surface area contributed by atoms with E-state index in [1.54, 1.807) is 10.9 Å². The first kappa shape index (κ1) is 19.5. The summed E-state index contributed by atoms with van der Waals surface area (Å²) in [5.74, 6) is -0.374.